The van der Waals surface area contributed by atoms with E-state index in [1.165, 1.54) is 14.2 Å². The van der Waals surface area contributed by atoms with Gasteiger partial charge in [0.1, 0.15) is 12.1 Å². The van der Waals surface area contributed by atoms with Crippen LogP contribution >= 0.6 is 0 Å². The summed E-state index contributed by atoms with van der Waals surface area (Å²) in [4.78, 5) is 37.9. The minimum absolute atomic E-state index is 0.0782. The number of rotatable bonds is 6. The van der Waals surface area contributed by atoms with Crippen LogP contribution in [0.2, 0.25) is 0 Å². The Labute approximate surface area is 146 Å². The van der Waals surface area contributed by atoms with Gasteiger partial charge < -0.3 is 20.1 Å². The summed E-state index contributed by atoms with van der Waals surface area (Å²) >= 11 is 0. The molecule has 2 rings (SSSR count). The van der Waals surface area contributed by atoms with Crippen molar-refractivity contribution in [1.82, 2.24) is 15.5 Å². The third-order valence-corrected chi connectivity index (χ3v) is 3.99. The second-order valence-electron chi connectivity index (χ2n) is 6.24. The van der Waals surface area contributed by atoms with Crippen LogP contribution in [0.4, 0.5) is 4.79 Å². The van der Waals surface area contributed by atoms with Gasteiger partial charge in [-0.15, -0.1) is 0 Å². The van der Waals surface area contributed by atoms with Gasteiger partial charge in [0, 0.05) is 6.04 Å². The Kier molecular flexibility index (Phi) is 5.20. The average Bonchev–Trinajstić information content (AvgIpc) is 2.77. The lowest BCUT2D eigenvalue weighted by Gasteiger charge is -2.23. The zero-order valence-electron chi connectivity index (χ0n) is 15.0. The summed E-state index contributed by atoms with van der Waals surface area (Å²) in [5.74, 6) is 0.0674. The Hall–Kier alpha value is -2.77. The molecule has 1 aliphatic rings. The molecule has 1 aromatic rings. The van der Waals surface area contributed by atoms with E-state index in [1.54, 1.807) is 39.0 Å². The Morgan fingerprint density at radius 2 is 1.88 bits per heavy atom. The standard InChI is InChI=1S/C17H23N3O5/c1-10(2)18-14(21)9-20-15(22)17(3,19-16(20)23)11-6-7-12(24-4)13(8-11)25-5/h6-8,10H,9H2,1-5H3,(H,18,21)(H,19,23)/t17-/m1/s1. The number of nitrogens with zero attached hydrogens (tertiary/aromatic N) is 1. The van der Waals surface area contributed by atoms with E-state index < -0.39 is 23.4 Å². The van der Waals surface area contributed by atoms with E-state index in [9.17, 15) is 14.4 Å². The molecular weight excluding hydrogens is 326 g/mol. The molecule has 1 aromatic carbocycles. The molecule has 0 radical (unpaired) electrons. The van der Waals surface area contributed by atoms with Crippen molar-refractivity contribution in [2.24, 2.45) is 0 Å². The quantitative estimate of drug-likeness (QED) is 0.747. The first-order valence-electron chi connectivity index (χ1n) is 7.89. The van der Waals surface area contributed by atoms with E-state index in [0.29, 0.717) is 17.1 Å². The maximum absolute atomic E-state index is 12.8. The fourth-order valence-corrected chi connectivity index (χ4v) is 2.69. The largest absolute Gasteiger partial charge is 0.493 e. The molecule has 1 fully saturated rings. The number of carbonyl (C=O) groups excluding carboxylic acids is 3. The van der Waals surface area contributed by atoms with Crippen molar-refractivity contribution in [2.45, 2.75) is 32.4 Å². The van der Waals surface area contributed by atoms with Crippen molar-refractivity contribution in [3.05, 3.63) is 23.8 Å². The summed E-state index contributed by atoms with van der Waals surface area (Å²) in [6.07, 6.45) is 0. The highest BCUT2D eigenvalue weighted by Gasteiger charge is 2.49. The van der Waals surface area contributed by atoms with Gasteiger partial charge in [0.15, 0.2) is 11.5 Å². The smallest absolute Gasteiger partial charge is 0.325 e. The van der Waals surface area contributed by atoms with E-state index >= 15 is 0 Å². The number of urea groups is 1. The van der Waals surface area contributed by atoms with Crippen LogP contribution in [-0.2, 0) is 15.1 Å². The number of nitrogens with one attached hydrogen (secondary N) is 2. The van der Waals surface area contributed by atoms with E-state index in [4.69, 9.17) is 9.47 Å². The second kappa shape index (κ2) is 7.00. The molecule has 0 bridgehead atoms. The van der Waals surface area contributed by atoms with Gasteiger partial charge in [0.2, 0.25) is 5.91 Å². The SMILES string of the molecule is COc1ccc([C@@]2(C)NC(=O)N(CC(=O)NC(C)C)C2=O)cc1OC. The Bertz CT molecular complexity index is 704. The van der Waals surface area contributed by atoms with Gasteiger partial charge in [-0.25, -0.2) is 4.79 Å². The van der Waals surface area contributed by atoms with Gasteiger partial charge in [-0.3, -0.25) is 14.5 Å². The molecule has 1 aliphatic heterocycles. The topological polar surface area (TPSA) is 97.0 Å². The third kappa shape index (κ3) is 3.52. The van der Waals surface area contributed by atoms with Crippen LogP contribution < -0.4 is 20.1 Å². The van der Waals surface area contributed by atoms with Crippen molar-refractivity contribution < 1.29 is 23.9 Å². The molecule has 8 nitrogen and oxygen atoms in total. The summed E-state index contributed by atoms with van der Waals surface area (Å²) in [5, 5.41) is 5.32. The van der Waals surface area contributed by atoms with Crippen molar-refractivity contribution in [2.75, 3.05) is 20.8 Å². The normalized spacial score (nSPS) is 19.8. The first-order chi connectivity index (χ1) is 11.7. The zero-order chi connectivity index (χ0) is 18.8. The van der Waals surface area contributed by atoms with E-state index in [1.807, 2.05) is 0 Å². The molecule has 8 heteroatoms. The van der Waals surface area contributed by atoms with Crippen LogP contribution in [0.1, 0.15) is 26.3 Å². The minimum atomic E-state index is -1.28. The van der Waals surface area contributed by atoms with Gasteiger partial charge in [-0.1, -0.05) is 6.07 Å². The van der Waals surface area contributed by atoms with Crippen LogP contribution in [0.25, 0.3) is 0 Å². The molecule has 1 heterocycles. The van der Waals surface area contributed by atoms with E-state index in [-0.39, 0.29) is 12.6 Å². The number of methoxy groups -OCH3 is 2. The maximum atomic E-state index is 12.8. The molecular formula is C17H23N3O5. The average molecular weight is 349 g/mol. The number of imide groups is 1. The molecule has 136 valence electrons. The van der Waals surface area contributed by atoms with Crippen LogP contribution in [0.3, 0.4) is 0 Å². The highest BCUT2D eigenvalue weighted by molar-refractivity contribution is 6.09. The van der Waals surface area contributed by atoms with Crippen LogP contribution in [0, 0.1) is 0 Å². The third-order valence-electron chi connectivity index (χ3n) is 3.99. The summed E-state index contributed by atoms with van der Waals surface area (Å²) < 4.78 is 10.4. The zero-order valence-corrected chi connectivity index (χ0v) is 15.0. The number of amides is 4. The minimum Gasteiger partial charge on any atom is -0.493 e. The molecule has 0 unspecified atom stereocenters. The number of carbonyl (C=O) groups is 3. The number of hydrogen-bond donors (Lipinski definition) is 2. The molecule has 25 heavy (non-hydrogen) atoms. The molecule has 1 saturated heterocycles. The van der Waals surface area contributed by atoms with E-state index in [2.05, 4.69) is 10.6 Å². The van der Waals surface area contributed by atoms with Crippen molar-refractivity contribution >= 4 is 17.8 Å². The van der Waals surface area contributed by atoms with Crippen molar-refractivity contribution in [3.63, 3.8) is 0 Å². The Morgan fingerprint density at radius 3 is 2.44 bits per heavy atom. The lowest BCUT2D eigenvalue weighted by molar-refractivity contribution is -0.135. The molecule has 0 aliphatic carbocycles. The van der Waals surface area contributed by atoms with Crippen molar-refractivity contribution in [1.29, 1.82) is 0 Å². The maximum Gasteiger partial charge on any atom is 0.325 e. The predicted molar refractivity (Wildman–Crippen MR) is 90.4 cm³/mol. The first-order valence-corrected chi connectivity index (χ1v) is 7.89. The fraction of sp³-hybridized carbons (Fsp3) is 0.471. The lowest BCUT2D eigenvalue weighted by Crippen LogP contribution is -2.44. The van der Waals surface area contributed by atoms with Gasteiger partial charge >= 0.3 is 6.03 Å². The predicted octanol–water partition coefficient (Wildman–Crippen LogP) is 0.995. The van der Waals surface area contributed by atoms with Gasteiger partial charge in [0.25, 0.3) is 5.91 Å². The fourth-order valence-electron chi connectivity index (χ4n) is 2.69. The van der Waals surface area contributed by atoms with Gasteiger partial charge in [-0.2, -0.15) is 0 Å². The molecule has 0 saturated carbocycles. The highest BCUT2D eigenvalue weighted by Crippen LogP contribution is 2.35. The van der Waals surface area contributed by atoms with Crippen LogP contribution in [0.15, 0.2) is 18.2 Å². The van der Waals surface area contributed by atoms with Gasteiger partial charge in [0.05, 0.1) is 14.2 Å². The van der Waals surface area contributed by atoms with Crippen LogP contribution in [0.5, 0.6) is 11.5 Å². The summed E-state index contributed by atoms with van der Waals surface area (Å²) in [6, 6.07) is 4.28. The highest BCUT2D eigenvalue weighted by atomic mass is 16.5. The summed E-state index contributed by atoms with van der Waals surface area (Å²) in [7, 11) is 3.00. The van der Waals surface area contributed by atoms with Crippen molar-refractivity contribution in [3.8, 4) is 11.5 Å². The van der Waals surface area contributed by atoms with E-state index in [0.717, 1.165) is 4.90 Å². The molecule has 2 N–H and O–H groups in total. The summed E-state index contributed by atoms with van der Waals surface area (Å²) in [5.41, 5.74) is -0.746. The number of benzene rings is 1. The summed E-state index contributed by atoms with van der Waals surface area (Å²) in [6.45, 7) is 4.87. The second-order valence-corrected chi connectivity index (χ2v) is 6.24. The monoisotopic (exact) mass is 349 g/mol. The Balaban J connectivity index is 2.29. The molecule has 4 amide bonds. The molecule has 0 aromatic heterocycles. The molecule has 0 spiro atoms. The first kappa shape index (κ1) is 18.6. The lowest BCUT2D eigenvalue weighted by atomic mass is 9.91. The molecule has 1 atom stereocenters. The number of ether oxygens (including phenoxy) is 2. The Morgan fingerprint density at radius 1 is 1.24 bits per heavy atom. The van der Waals surface area contributed by atoms with Crippen LogP contribution in [-0.4, -0.2) is 49.6 Å². The number of hydrogen-bond acceptors (Lipinski definition) is 5. The van der Waals surface area contributed by atoms with Gasteiger partial charge in [-0.05, 0) is 38.5 Å².